The maximum absolute atomic E-state index is 12.2. The van der Waals surface area contributed by atoms with Gasteiger partial charge >= 0.3 is 0 Å². The summed E-state index contributed by atoms with van der Waals surface area (Å²) in [6, 6.07) is 7.37. The van der Waals surface area contributed by atoms with Gasteiger partial charge in [-0.05, 0) is 25.1 Å². The van der Waals surface area contributed by atoms with Crippen LogP contribution in [0.1, 0.15) is 22.7 Å². The van der Waals surface area contributed by atoms with Gasteiger partial charge in [0.05, 0.1) is 47.0 Å². The normalized spacial score (nSPS) is 10.9. The van der Waals surface area contributed by atoms with Crippen LogP contribution in [-0.2, 0) is 17.8 Å². The third-order valence-corrected chi connectivity index (χ3v) is 4.15. The van der Waals surface area contributed by atoms with Crippen molar-refractivity contribution in [3.8, 4) is 6.07 Å². The van der Waals surface area contributed by atoms with Gasteiger partial charge in [0.25, 0.3) is 0 Å². The second-order valence-corrected chi connectivity index (χ2v) is 5.91. The molecule has 1 amide bonds. The van der Waals surface area contributed by atoms with Gasteiger partial charge in [-0.2, -0.15) is 5.26 Å². The van der Waals surface area contributed by atoms with Crippen LogP contribution in [0.15, 0.2) is 35.1 Å². The minimum Gasteiger partial charge on any atom is -0.361 e. The SMILES string of the molecule is Cc1oncc1CNC(=O)Cc1nc2c(cnc3ccc(C#N)cc32)[nH]1. The van der Waals surface area contributed by atoms with Crippen molar-refractivity contribution >= 4 is 27.8 Å². The van der Waals surface area contributed by atoms with Gasteiger partial charge in [0.1, 0.15) is 11.6 Å². The maximum atomic E-state index is 12.2. The Balaban J connectivity index is 1.57. The number of imidazole rings is 1. The van der Waals surface area contributed by atoms with Crippen LogP contribution in [0, 0.1) is 18.3 Å². The van der Waals surface area contributed by atoms with Crippen molar-refractivity contribution in [1.82, 2.24) is 25.4 Å². The first-order valence-electron chi connectivity index (χ1n) is 7.98. The highest BCUT2D eigenvalue weighted by molar-refractivity contribution is 6.02. The van der Waals surface area contributed by atoms with E-state index in [1.54, 1.807) is 37.5 Å². The number of H-pyrrole nitrogens is 1. The molecule has 0 saturated heterocycles. The fourth-order valence-corrected chi connectivity index (χ4v) is 2.76. The van der Waals surface area contributed by atoms with Gasteiger partial charge in [-0.3, -0.25) is 9.78 Å². The van der Waals surface area contributed by atoms with Crippen LogP contribution in [0.25, 0.3) is 21.9 Å². The number of carbonyl (C=O) groups is 1. The van der Waals surface area contributed by atoms with Gasteiger partial charge in [-0.1, -0.05) is 5.16 Å². The third kappa shape index (κ3) is 2.86. The van der Waals surface area contributed by atoms with Crippen molar-refractivity contribution in [3.63, 3.8) is 0 Å². The summed E-state index contributed by atoms with van der Waals surface area (Å²) < 4.78 is 4.97. The number of nitrogens with one attached hydrogen (secondary N) is 2. The Morgan fingerprint density at radius 1 is 1.38 bits per heavy atom. The second-order valence-electron chi connectivity index (χ2n) is 5.91. The Morgan fingerprint density at radius 3 is 3.04 bits per heavy atom. The molecule has 0 fully saturated rings. The molecule has 0 saturated carbocycles. The first-order chi connectivity index (χ1) is 12.6. The molecule has 8 nitrogen and oxygen atoms in total. The highest BCUT2D eigenvalue weighted by Crippen LogP contribution is 2.23. The summed E-state index contributed by atoms with van der Waals surface area (Å²) in [4.78, 5) is 24.2. The summed E-state index contributed by atoms with van der Waals surface area (Å²) in [6.07, 6.45) is 3.37. The third-order valence-electron chi connectivity index (χ3n) is 4.15. The molecule has 0 spiro atoms. The van der Waals surface area contributed by atoms with Crippen LogP contribution in [-0.4, -0.2) is 26.0 Å². The monoisotopic (exact) mass is 346 g/mol. The van der Waals surface area contributed by atoms with E-state index in [9.17, 15) is 4.79 Å². The summed E-state index contributed by atoms with van der Waals surface area (Å²) >= 11 is 0. The molecule has 0 aliphatic carbocycles. The summed E-state index contributed by atoms with van der Waals surface area (Å²) in [5.41, 5.74) is 3.55. The lowest BCUT2D eigenvalue weighted by atomic mass is 10.1. The lowest BCUT2D eigenvalue weighted by Crippen LogP contribution is -2.25. The van der Waals surface area contributed by atoms with E-state index in [-0.39, 0.29) is 12.3 Å². The highest BCUT2D eigenvalue weighted by Gasteiger charge is 2.12. The minimum absolute atomic E-state index is 0.110. The Morgan fingerprint density at radius 2 is 2.27 bits per heavy atom. The van der Waals surface area contributed by atoms with E-state index >= 15 is 0 Å². The molecule has 0 aliphatic rings. The summed E-state index contributed by atoms with van der Waals surface area (Å²) in [6.45, 7) is 2.14. The number of aromatic nitrogens is 4. The average Bonchev–Trinajstić information content (AvgIpc) is 3.25. The number of hydrogen-bond donors (Lipinski definition) is 2. The molecule has 8 heteroatoms. The number of pyridine rings is 1. The molecule has 0 aliphatic heterocycles. The van der Waals surface area contributed by atoms with E-state index in [4.69, 9.17) is 9.78 Å². The minimum atomic E-state index is -0.167. The Labute approximate surface area is 147 Å². The van der Waals surface area contributed by atoms with Crippen LogP contribution in [0.3, 0.4) is 0 Å². The van der Waals surface area contributed by atoms with Crippen molar-refractivity contribution in [2.75, 3.05) is 0 Å². The van der Waals surface area contributed by atoms with E-state index in [0.29, 0.717) is 29.2 Å². The number of amides is 1. The number of hydrogen-bond acceptors (Lipinski definition) is 6. The first kappa shape index (κ1) is 15.8. The zero-order valence-corrected chi connectivity index (χ0v) is 13.9. The predicted octanol–water partition coefficient (Wildman–Crippen LogP) is 2.14. The number of nitriles is 1. The van der Waals surface area contributed by atoms with E-state index in [2.05, 4.69) is 31.5 Å². The molecule has 0 bridgehead atoms. The van der Waals surface area contributed by atoms with Crippen molar-refractivity contribution in [2.45, 2.75) is 19.9 Å². The van der Waals surface area contributed by atoms with Gasteiger partial charge in [-0.25, -0.2) is 4.98 Å². The maximum Gasteiger partial charge on any atom is 0.227 e. The van der Waals surface area contributed by atoms with Crippen LogP contribution in [0.5, 0.6) is 0 Å². The number of nitrogens with zero attached hydrogens (tertiary/aromatic N) is 4. The molecule has 0 radical (unpaired) electrons. The first-order valence-corrected chi connectivity index (χ1v) is 7.98. The number of fused-ring (bicyclic) bond motifs is 3. The predicted molar refractivity (Wildman–Crippen MR) is 92.9 cm³/mol. The van der Waals surface area contributed by atoms with E-state index < -0.39 is 0 Å². The number of rotatable bonds is 4. The number of aromatic amines is 1. The standard InChI is InChI=1S/C18H14N6O2/c1-10-12(8-22-26-10)7-21-17(25)5-16-23-15-9-20-14-3-2-11(6-19)4-13(14)18(15)24-16/h2-4,8-9H,5,7H2,1H3,(H,21,25)(H,23,24). The lowest BCUT2D eigenvalue weighted by molar-refractivity contribution is -0.120. The van der Waals surface area contributed by atoms with E-state index in [1.165, 1.54) is 0 Å². The smallest absolute Gasteiger partial charge is 0.227 e. The fraction of sp³-hybridized carbons (Fsp3) is 0.167. The van der Waals surface area contributed by atoms with Gasteiger partial charge in [0.15, 0.2) is 0 Å². The Bertz CT molecular complexity index is 1170. The van der Waals surface area contributed by atoms with Crippen molar-refractivity contribution in [1.29, 1.82) is 5.26 Å². The average molecular weight is 346 g/mol. The Hall–Kier alpha value is -3.73. The molecule has 4 aromatic rings. The number of carbonyl (C=O) groups excluding carboxylic acids is 1. The second kappa shape index (κ2) is 6.29. The molecule has 4 rings (SSSR count). The molecule has 0 atom stereocenters. The van der Waals surface area contributed by atoms with Crippen molar-refractivity contribution < 1.29 is 9.32 Å². The molecular formula is C18H14N6O2. The van der Waals surface area contributed by atoms with Gasteiger partial charge in [0.2, 0.25) is 5.91 Å². The molecule has 0 unspecified atom stereocenters. The summed E-state index contributed by atoms with van der Waals surface area (Å²) in [7, 11) is 0. The van der Waals surface area contributed by atoms with Crippen molar-refractivity contribution in [3.05, 3.63) is 53.3 Å². The van der Waals surface area contributed by atoms with Gasteiger partial charge < -0.3 is 14.8 Å². The van der Waals surface area contributed by atoms with Crippen LogP contribution in [0.2, 0.25) is 0 Å². The lowest BCUT2D eigenvalue weighted by Gasteiger charge is -2.02. The zero-order valence-electron chi connectivity index (χ0n) is 13.9. The van der Waals surface area contributed by atoms with Gasteiger partial charge in [-0.15, -0.1) is 0 Å². The molecule has 1 aromatic carbocycles. The summed E-state index contributed by atoms with van der Waals surface area (Å²) in [5, 5.41) is 16.4. The van der Waals surface area contributed by atoms with E-state index in [1.807, 2.05) is 0 Å². The largest absolute Gasteiger partial charge is 0.361 e. The number of benzene rings is 1. The molecule has 3 heterocycles. The Kier molecular flexibility index (Phi) is 3.82. The number of aryl methyl sites for hydroxylation is 1. The van der Waals surface area contributed by atoms with Crippen LogP contribution in [0.4, 0.5) is 0 Å². The molecule has 128 valence electrons. The molecule has 26 heavy (non-hydrogen) atoms. The van der Waals surface area contributed by atoms with Crippen molar-refractivity contribution in [2.24, 2.45) is 0 Å². The topological polar surface area (TPSA) is 120 Å². The van der Waals surface area contributed by atoms with Gasteiger partial charge in [0, 0.05) is 17.5 Å². The van der Waals surface area contributed by atoms with E-state index in [0.717, 1.165) is 22.0 Å². The quantitative estimate of drug-likeness (QED) is 0.584. The highest BCUT2D eigenvalue weighted by atomic mass is 16.5. The molecule has 2 N–H and O–H groups in total. The molecule has 3 aromatic heterocycles. The molecular weight excluding hydrogens is 332 g/mol. The van der Waals surface area contributed by atoms with Crippen LogP contribution < -0.4 is 5.32 Å². The summed E-state index contributed by atoms with van der Waals surface area (Å²) in [5.74, 6) is 1.05. The zero-order chi connectivity index (χ0) is 18.1. The van der Waals surface area contributed by atoms with Crippen LogP contribution >= 0.6 is 0 Å². The fourth-order valence-electron chi connectivity index (χ4n) is 2.76.